The number of thiol groups is 1. The van der Waals surface area contributed by atoms with Crippen LogP contribution in [-0.4, -0.2) is 14.2 Å². The van der Waals surface area contributed by atoms with E-state index in [1.807, 2.05) is 0 Å². The molecule has 0 unspecified atom stereocenters. The van der Waals surface area contributed by atoms with E-state index in [2.05, 4.69) is 15.9 Å². The summed E-state index contributed by atoms with van der Waals surface area (Å²) in [4.78, 5) is 11.1. The van der Waals surface area contributed by atoms with Crippen LogP contribution in [0.3, 0.4) is 0 Å². The van der Waals surface area contributed by atoms with Gasteiger partial charge in [0.1, 0.15) is 5.78 Å². The number of halogens is 1. The predicted octanol–water partition coefficient (Wildman–Crippen LogP) is 1.55. The van der Waals surface area contributed by atoms with Crippen molar-refractivity contribution in [3.05, 3.63) is 28.2 Å². The van der Waals surface area contributed by atoms with Crippen molar-refractivity contribution in [2.24, 2.45) is 0 Å². The Hall–Kier alpha value is -0.680. The molecule has 0 fully saturated rings. The molecule has 0 radical (unpaired) electrons. The molecule has 0 atom stereocenters. The van der Waals surface area contributed by atoms with Crippen LogP contribution in [0.1, 0.15) is 12.5 Å². The summed E-state index contributed by atoms with van der Waals surface area (Å²) in [5.74, 6) is -0.0544. The second kappa shape index (κ2) is 4.70. The first-order valence-electron chi connectivity index (χ1n) is 3.93. The van der Waals surface area contributed by atoms with Gasteiger partial charge in [0.05, 0.1) is 4.90 Å². The normalized spacial score (nSPS) is 10.5. The van der Waals surface area contributed by atoms with Crippen molar-refractivity contribution in [3.63, 3.8) is 0 Å². The quantitative estimate of drug-likeness (QED) is 0.853. The first-order chi connectivity index (χ1) is 6.50. The van der Waals surface area contributed by atoms with Gasteiger partial charge in [-0.25, -0.2) is 8.42 Å². The lowest BCUT2D eigenvalue weighted by Crippen LogP contribution is -2.00. The van der Waals surface area contributed by atoms with Crippen molar-refractivity contribution < 1.29 is 13.2 Å². The molecule has 0 aliphatic carbocycles. The van der Waals surface area contributed by atoms with Crippen molar-refractivity contribution in [2.45, 2.75) is 18.2 Å². The third-order valence-corrected chi connectivity index (χ3v) is 3.00. The van der Waals surface area contributed by atoms with Gasteiger partial charge in [-0.15, -0.1) is 0 Å². The highest BCUT2D eigenvalue weighted by molar-refractivity contribution is 9.10. The monoisotopic (exact) mass is 276 g/mol. The van der Waals surface area contributed by atoms with Crippen molar-refractivity contribution in [3.8, 4) is 0 Å². The van der Waals surface area contributed by atoms with Crippen molar-refractivity contribution >= 4 is 32.4 Å². The van der Waals surface area contributed by atoms with E-state index < -0.39 is 10.7 Å². The molecule has 0 aliphatic rings. The Balaban J connectivity index is 3.22. The van der Waals surface area contributed by atoms with Gasteiger partial charge in [-0.3, -0.25) is 4.79 Å². The van der Waals surface area contributed by atoms with Crippen LogP contribution >= 0.6 is 15.9 Å². The van der Waals surface area contributed by atoms with Gasteiger partial charge < -0.3 is 0 Å². The Morgan fingerprint density at radius 2 is 2.07 bits per heavy atom. The van der Waals surface area contributed by atoms with Crippen molar-refractivity contribution in [1.29, 1.82) is 0 Å². The molecule has 76 valence electrons. The fourth-order valence-corrected chi connectivity index (χ4v) is 2.12. The number of Topliss-reactive ketones (excluding diaryl/α,β-unsaturated/α-hetero) is 1. The van der Waals surface area contributed by atoms with Gasteiger partial charge in [-0.05, 0) is 30.7 Å². The minimum atomic E-state index is -2.63. The first kappa shape index (κ1) is 11.4. The van der Waals surface area contributed by atoms with E-state index in [1.54, 1.807) is 12.1 Å². The van der Waals surface area contributed by atoms with Crippen molar-refractivity contribution in [1.82, 2.24) is 0 Å². The maximum Gasteiger partial charge on any atom is 0.168 e. The molecule has 0 N–H and O–H groups in total. The number of rotatable bonds is 3. The van der Waals surface area contributed by atoms with Crippen LogP contribution in [0.25, 0.3) is 0 Å². The summed E-state index contributed by atoms with van der Waals surface area (Å²) < 4.78 is 22.4. The average Bonchev–Trinajstić information content (AvgIpc) is 2.01. The summed E-state index contributed by atoms with van der Waals surface area (Å²) in [6, 6.07) is 4.79. The predicted molar refractivity (Wildman–Crippen MR) is 57.1 cm³/mol. The van der Waals surface area contributed by atoms with Crippen LogP contribution in [0.4, 0.5) is 0 Å². The topological polar surface area (TPSA) is 51.2 Å². The Bertz CT molecular complexity index is 430. The summed E-state index contributed by atoms with van der Waals surface area (Å²) in [6.07, 6.45) is 0.151. The molecule has 1 aromatic carbocycles. The fraction of sp³-hybridized carbons (Fsp3) is 0.222. The summed E-state index contributed by atoms with van der Waals surface area (Å²) in [6.45, 7) is 1.43. The van der Waals surface area contributed by atoms with Crippen LogP contribution in [0.2, 0.25) is 0 Å². The minimum Gasteiger partial charge on any atom is -0.300 e. The zero-order valence-corrected chi connectivity index (χ0v) is 9.97. The van der Waals surface area contributed by atoms with Crippen LogP contribution in [0.5, 0.6) is 0 Å². The van der Waals surface area contributed by atoms with Crippen LogP contribution in [0.15, 0.2) is 27.6 Å². The van der Waals surface area contributed by atoms with E-state index in [4.69, 9.17) is 0 Å². The summed E-state index contributed by atoms with van der Waals surface area (Å²) >= 11 is 3.23. The number of benzene rings is 1. The molecule has 0 bridgehead atoms. The smallest absolute Gasteiger partial charge is 0.168 e. The highest BCUT2D eigenvalue weighted by atomic mass is 79.9. The van der Waals surface area contributed by atoms with Gasteiger partial charge in [0.2, 0.25) is 0 Å². The van der Waals surface area contributed by atoms with Crippen LogP contribution in [0, 0.1) is 0 Å². The highest BCUT2D eigenvalue weighted by Gasteiger charge is 2.07. The van der Waals surface area contributed by atoms with E-state index in [0.717, 1.165) is 4.47 Å². The van der Waals surface area contributed by atoms with E-state index in [9.17, 15) is 13.2 Å². The number of hydrogen-bond acceptors (Lipinski definition) is 3. The fourth-order valence-electron chi connectivity index (χ4n) is 1.14. The number of carbonyl (C=O) groups excluding carboxylic acids is 1. The molecule has 0 saturated carbocycles. The van der Waals surface area contributed by atoms with Crippen LogP contribution in [-0.2, 0) is 21.9 Å². The van der Waals surface area contributed by atoms with Gasteiger partial charge in [-0.2, -0.15) is 0 Å². The molecule has 0 aromatic heterocycles. The van der Waals surface area contributed by atoms with Gasteiger partial charge in [0.25, 0.3) is 0 Å². The molecular formula is C9H9BrO3S. The lowest BCUT2D eigenvalue weighted by Gasteiger charge is -2.02. The maximum atomic E-state index is 10.9. The molecule has 1 aromatic rings. The number of ketones is 1. The highest BCUT2D eigenvalue weighted by Crippen LogP contribution is 2.18. The largest absolute Gasteiger partial charge is 0.300 e. The Morgan fingerprint density at radius 3 is 2.57 bits per heavy atom. The minimum absolute atomic E-state index is 0.0544. The average molecular weight is 277 g/mol. The third-order valence-electron chi connectivity index (χ3n) is 1.68. The van der Waals surface area contributed by atoms with Gasteiger partial charge in [-0.1, -0.05) is 15.9 Å². The lowest BCUT2D eigenvalue weighted by molar-refractivity contribution is -0.116. The molecule has 5 heteroatoms. The molecule has 0 amide bonds. The van der Waals surface area contributed by atoms with E-state index in [-0.39, 0.29) is 17.1 Å². The molecule has 0 saturated heterocycles. The third kappa shape index (κ3) is 2.92. The first-order valence-corrected chi connectivity index (χ1v) is 5.90. The second-order valence-corrected chi connectivity index (χ2v) is 4.82. The molecular weight excluding hydrogens is 268 g/mol. The molecule has 3 nitrogen and oxygen atoms in total. The zero-order valence-electron chi connectivity index (χ0n) is 7.49. The maximum absolute atomic E-state index is 10.9. The van der Waals surface area contributed by atoms with E-state index in [0.29, 0.717) is 5.56 Å². The van der Waals surface area contributed by atoms with Gasteiger partial charge >= 0.3 is 0 Å². The SMILES string of the molecule is CC(=O)Cc1cc(Br)ccc1[SH](=O)=O. The number of hydrogen-bond donors (Lipinski definition) is 1. The van der Waals surface area contributed by atoms with Crippen LogP contribution < -0.4 is 0 Å². The number of carbonyl (C=O) groups is 1. The Labute approximate surface area is 92.2 Å². The molecule has 0 aliphatic heterocycles. The van der Waals surface area contributed by atoms with E-state index in [1.165, 1.54) is 13.0 Å². The molecule has 0 spiro atoms. The molecule has 0 heterocycles. The summed E-state index contributed by atoms with van der Waals surface area (Å²) in [5.41, 5.74) is 0.544. The van der Waals surface area contributed by atoms with Crippen molar-refractivity contribution in [2.75, 3.05) is 0 Å². The second-order valence-electron chi connectivity index (χ2n) is 2.91. The summed E-state index contributed by atoms with van der Waals surface area (Å²) in [5, 5.41) is 0. The summed E-state index contributed by atoms with van der Waals surface area (Å²) in [7, 11) is -2.63. The van der Waals surface area contributed by atoms with E-state index >= 15 is 0 Å². The van der Waals surface area contributed by atoms with Gasteiger partial charge in [0, 0.05) is 10.9 Å². The standard InChI is InChI=1S/C9H9BrO3S/c1-6(11)4-7-5-8(10)2-3-9(7)14(12)13/h2-3,5,14H,4H2,1H3. The zero-order chi connectivity index (χ0) is 10.7. The lowest BCUT2D eigenvalue weighted by atomic mass is 10.1. The Morgan fingerprint density at radius 1 is 1.43 bits per heavy atom. The molecule has 1 rings (SSSR count). The van der Waals surface area contributed by atoms with Gasteiger partial charge in [0.15, 0.2) is 10.7 Å². The Kier molecular flexibility index (Phi) is 3.83. The molecule has 14 heavy (non-hydrogen) atoms.